The molecule has 36 heavy (non-hydrogen) atoms. The van der Waals surface area contributed by atoms with Crippen LogP contribution in [0.1, 0.15) is 29.3 Å². The van der Waals surface area contributed by atoms with Crippen LogP contribution >= 0.6 is 0 Å². The fourth-order valence-corrected chi connectivity index (χ4v) is 5.00. The average molecular weight is 479 g/mol. The van der Waals surface area contributed by atoms with E-state index in [0.717, 1.165) is 33.3 Å². The fourth-order valence-electron chi connectivity index (χ4n) is 5.00. The van der Waals surface area contributed by atoms with Gasteiger partial charge in [-0.2, -0.15) is 0 Å². The van der Waals surface area contributed by atoms with E-state index < -0.39 is 6.10 Å². The lowest BCUT2D eigenvalue weighted by Gasteiger charge is -2.29. The second kappa shape index (κ2) is 9.26. The van der Waals surface area contributed by atoms with Crippen molar-refractivity contribution < 1.29 is 9.84 Å². The third kappa shape index (κ3) is 4.06. The van der Waals surface area contributed by atoms with Gasteiger partial charge in [-0.05, 0) is 54.7 Å². The third-order valence-corrected chi connectivity index (χ3v) is 6.97. The highest BCUT2D eigenvalue weighted by Gasteiger charge is 2.27. The molecule has 0 saturated carbocycles. The molecule has 1 fully saturated rings. The van der Waals surface area contributed by atoms with Crippen molar-refractivity contribution in [3.05, 3.63) is 100 Å². The number of aliphatic hydroxyl groups is 1. The maximum absolute atomic E-state index is 13.6. The summed E-state index contributed by atoms with van der Waals surface area (Å²) in [7, 11) is 0. The topological polar surface area (TPSA) is 90.1 Å². The van der Waals surface area contributed by atoms with Crippen LogP contribution in [-0.2, 0) is 11.2 Å². The molecular formula is C29H26N4O3. The van der Waals surface area contributed by atoms with E-state index in [1.165, 1.54) is 6.33 Å². The molecule has 180 valence electrons. The molecule has 2 aromatic carbocycles. The molecule has 1 N–H and O–H groups in total. The van der Waals surface area contributed by atoms with Crippen molar-refractivity contribution in [2.24, 2.45) is 0 Å². The van der Waals surface area contributed by atoms with Crippen molar-refractivity contribution in [2.75, 3.05) is 13.2 Å². The Hall–Kier alpha value is -3.94. The van der Waals surface area contributed by atoms with Crippen molar-refractivity contribution in [1.29, 1.82) is 0 Å². The molecule has 3 aromatic heterocycles. The van der Waals surface area contributed by atoms with Crippen LogP contribution in [0.25, 0.3) is 32.9 Å². The SMILES string of the molecule is Cc1ccc(-c2ccc(Cc3cc4c(=O)n([C@H]5CCOC[C@@H]5O)cnc4c4ncccc34)cc2)cn1. The van der Waals surface area contributed by atoms with Crippen LogP contribution in [0.4, 0.5) is 0 Å². The maximum Gasteiger partial charge on any atom is 0.261 e. The maximum atomic E-state index is 13.6. The molecule has 6 rings (SSSR count). The summed E-state index contributed by atoms with van der Waals surface area (Å²) in [6.45, 7) is 2.70. The molecule has 5 aromatic rings. The quantitative estimate of drug-likeness (QED) is 0.389. The van der Waals surface area contributed by atoms with Gasteiger partial charge in [-0.25, -0.2) is 4.98 Å². The molecular weight excluding hydrogens is 452 g/mol. The summed E-state index contributed by atoms with van der Waals surface area (Å²) < 4.78 is 6.90. The van der Waals surface area contributed by atoms with Crippen LogP contribution in [0.15, 0.2) is 78.1 Å². The van der Waals surface area contributed by atoms with Gasteiger partial charge in [0.25, 0.3) is 5.56 Å². The molecule has 0 aliphatic carbocycles. The molecule has 2 atom stereocenters. The first-order valence-corrected chi connectivity index (χ1v) is 12.1. The molecule has 4 heterocycles. The molecule has 1 saturated heterocycles. The minimum atomic E-state index is -0.740. The molecule has 0 spiro atoms. The Bertz CT molecular complexity index is 1610. The molecule has 0 amide bonds. The summed E-state index contributed by atoms with van der Waals surface area (Å²) in [6.07, 6.45) is 5.63. The Morgan fingerprint density at radius 3 is 2.58 bits per heavy atom. The zero-order valence-electron chi connectivity index (χ0n) is 20.0. The van der Waals surface area contributed by atoms with Crippen molar-refractivity contribution in [3.8, 4) is 11.1 Å². The lowest BCUT2D eigenvalue weighted by molar-refractivity contribution is -0.0395. The van der Waals surface area contributed by atoms with E-state index in [9.17, 15) is 9.90 Å². The summed E-state index contributed by atoms with van der Waals surface area (Å²) in [4.78, 5) is 27.2. The monoisotopic (exact) mass is 478 g/mol. The molecule has 1 aliphatic rings. The van der Waals surface area contributed by atoms with Crippen LogP contribution in [0.3, 0.4) is 0 Å². The Morgan fingerprint density at radius 1 is 1.00 bits per heavy atom. The highest BCUT2D eigenvalue weighted by atomic mass is 16.5. The summed E-state index contributed by atoms with van der Waals surface area (Å²) in [5, 5.41) is 11.9. The van der Waals surface area contributed by atoms with E-state index in [4.69, 9.17) is 4.74 Å². The number of hydrogen-bond acceptors (Lipinski definition) is 6. The largest absolute Gasteiger partial charge is 0.389 e. The van der Waals surface area contributed by atoms with E-state index in [-0.39, 0.29) is 18.2 Å². The van der Waals surface area contributed by atoms with Crippen molar-refractivity contribution in [2.45, 2.75) is 31.9 Å². The molecule has 1 aliphatic heterocycles. The third-order valence-electron chi connectivity index (χ3n) is 6.97. The second-order valence-corrected chi connectivity index (χ2v) is 9.35. The van der Waals surface area contributed by atoms with E-state index in [2.05, 4.69) is 45.3 Å². The summed E-state index contributed by atoms with van der Waals surface area (Å²) in [6, 6.07) is 18.0. The number of aliphatic hydroxyl groups excluding tert-OH is 1. The van der Waals surface area contributed by atoms with E-state index in [1.807, 2.05) is 37.4 Å². The minimum absolute atomic E-state index is 0.165. The van der Waals surface area contributed by atoms with Crippen LogP contribution in [0.5, 0.6) is 0 Å². The highest BCUT2D eigenvalue weighted by molar-refractivity contribution is 6.04. The predicted molar refractivity (Wildman–Crippen MR) is 139 cm³/mol. The normalized spacial score (nSPS) is 18.1. The Morgan fingerprint density at radius 2 is 1.81 bits per heavy atom. The Labute approximate surface area is 208 Å². The number of nitrogens with zero attached hydrogens (tertiary/aromatic N) is 4. The lowest BCUT2D eigenvalue weighted by atomic mass is 9.96. The van der Waals surface area contributed by atoms with Gasteiger partial charge in [-0.1, -0.05) is 36.4 Å². The molecule has 0 radical (unpaired) electrons. The van der Waals surface area contributed by atoms with Crippen LogP contribution in [0.2, 0.25) is 0 Å². The number of aromatic nitrogens is 4. The van der Waals surface area contributed by atoms with Gasteiger partial charge in [-0.15, -0.1) is 0 Å². The number of pyridine rings is 2. The van der Waals surface area contributed by atoms with Crippen molar-refractivity contribution >= 4 is 21.8 Å². The van der Waals surface area contributed by atoms with Crippen LogP contribution in [0, 0.1) is 6.92 Å². The van der Waals surface area contributed by atoms with Gasteiger partial charge in [0.05, 0.1) is 36.0 Å². The van der Waals surface area contributed by atoms with Gasteiger partial charge in [-0.3, -0.25) is 19.3 Å². The second-order valence-electron chi connectivity index (χ2n) is 9.35. The molecule has 0 bridgehead atoms. The standard InChI is InChI=1S/C29H26N4O3/c1-18-4-7-21(15-31-18)20-8-5-19(6-9-20)13-22-14-24-28(27-23(22)3-2-11-30-27)32-17-33(29(24)35)25-10-12-36-16-26(25)34/h2-9,11,14-15,17,25-26,34H,10,12-13,16H2,1H3/t25-,26-/m0/s1. The van der Waals surface area contributed by atoms with Gasteiger partial charge in [0, 0.05) is 35.6 Å². The van der Waals surface area contributed by atoms with Gasteiger partial charge < -0.3 is 9.84 Å². The first-order chi connectivity index (χ1) is 17.6. The number of rotatable bonds is 4. The smallest absolute Gasteiger partial charge is 0.261 e. The summed E-state index contributed by atoms with van der Waals surface area (Å²) >= 11 is 0. The van der Waals surface area contributed by atoms with E-state index in [1.54, 1.807) is 10.8 Å². The van der Waals surface area contributed by atoms with Crippen LogP contribution < -0.4 is 5.56 Å². The first kappa shape index (κ1) is 22.5. The predicted octanol–water partition coefficient (Wildman–Crippen LogP) is 4.23. The number of fused-ring (bicyclic) bond motifs is 3. The van der Waals surface area contributed by atoms with Crippen molar-refractivity contribution in [1.82, 2.24) is 19.5 Å². The molecule has 7 nitrogen and oxygen atoms in total. The average Bonchev–Trinajstić information content (AvgIpc) is 2.91. The number of ether oxygens (including phenoxy) is 1. The Balaban J connectivity index is 1.42. The van der Waals surface area contributed by atoms with Gasteiger partial charge in [0.15, 0.2) is 0 Å². The number of aryl methyl sites for hydroxylation is 1. The van der Waals surface area contributed by atoms with E-state index in [0.29, 0.717) is 35.9 Å². The summed E-state index contributed by atoms with van der Waals surface area (Å²) in [5.41, 5.74) is 6.46. The number of benzene rings is 2. The van der Waals surface area contributed by atoms with Gasteiger partial charge in [0.1, 0.15) is 5.52 Å². The Kier molecular flexibility index (Phi) is 5.79. The zero-order valence-corrected chi connectivity index (χ0v) is 20.0. The summed E-state index contributed by atoms with van der Waals surface area (Å²) in [5.74, 6) is 0. The van der Waals surface area contributed by atoms with Crippen molar-refractivity contribution in [3.63, 3.8) is 0 Å². The molecule has 0 unspecified atom stereocenters. The van der Waals surface area contributed by atoms with E-state index >= 15 is 0 Å². The minimum Gasteiger partial charge on any atom is -0.389 e. The molecule has 7 heteroatoms. The van der Waals surface area contributed by atoms with Crippen LogP contribution in [-0.4, -0.2) is 43.9 Å². The number of hydrogen-bond donors (Lipinski definition) is 1. The van der Waals surface area contributed by atoms with Gasteiger partial charge in [0.2, 0.25) is 0 Å². The highest BCUT2D eigenvalue weighted by Crippen LogP contribution is 2.28. The first-order valence-electron chi connectivity index (χ1n) is 12.1. The lowest BCUT2D eigenvalue weighted by Crippen LogP contribution is -2.39. The zero-order chi connectivity index (χ0) is 24.6. The fraction of sp³-hybridized carbons (Fsp3) is 0.241. The van der Waals surface area contributed by atoms with Gasteiger partial charge >= 0.3 is 0 Å².